The van der Waals surface area contributed by atoms with Gasteiger partial charge >= 0.3 is 6.09 Å². The molecule has 30 heavy (non-hydrogen) atoms. The SMILES string of the molecule is CC(C)(C)OC(=O)N1CCc2nc(NC(=O)/C=C/c3ccc([N+](=O)[O-])cc3)sc2C1. The minimum atomic E-state index is -0.555. The van der Waals surface area contributed by atoms with E-state index in [0.29, 0.717) is 30.2 Å². The van der Waals surface area contributed by atoms with Crippen LogP contribution in [0.5, 0.6) is 0 Å². The fraction of sp³-hybridized carbons (Fsp3) is 0.350. The van der Waals surface area contributed by atoms with Crippen LogP contribution >= 0.6 is 11.3 Å². The monoisotopic (exact) mass is 430 g/mol. The standard InChI is InChI=1S/C20H22N4O5S/c1-20(2,3)29-19(26)23-11-10-15-16(12-23)30-18(21-15)22-17(25)9-6-13-4-7-14(8-5-13)24(27)28/h4-9H,10-12H2,1-3H3,(H,21,22,25)/b9-6+. The molecule has 2 aromatic rings. The number of non-ortho nitro benzene ring substituents is 1. The number of nitro benzene ring substituents is 1. The minimum absolute atomic E-state index is 0.00890. The van der Waals surface area contributed by atoms with Crippen LogP contribution in [0.3, 0.4) is 0 Å². The smallest absolute Gasteiger partial charge is 0.410 e. The lowest BCUT2D eigenvalue weighted by molar-refractivity contribution is -0.384. The molecule has 2 heterocycles. The van der Waals surface area contributed by atoms with Crippen LogP contribution in [0.2, 0.25) is 0 Å². The summed E-state index contributed by atoms with van der Waals surface area (Å²) in [4.78, 5) is 41.6. The summed E-state index contributed by atoms with van der Waals surface area (Å²) in [6.07, 6.45) is 3.14. The highest BCUT2D eigenvalue weighted by atomic mass is 32.1. The van der Waals surface area contributed by atoms with Crippen LogP contribution in [0.15, 0.2) is 30.3 Å². The largest absolute Gasteiger partial charge is 0.444 e. The number of anilines is 1. The zero-order valence-corrected chi connectivity index (χ0v) is 17.7. The Kier molecular flexibility index (Phi) is 6.16. The van der Waals surface area contributed by atoms with Crippen molar-refractivity contribution in [1.82, 2.24) is 9.88 Å². The molecule has 0 fully saturated rings. The van der Waals surface area contributed by atoms with Crippen molar-refractivity contribution >= 4 is 40.2 Å². The summed E-state index contributed by atoms with van der Waals surface area (Å²) in [6.45, 7) is 6.38. The Labute approximate surface area is 177 Å². The van der Waals surface area contributed by atoms with Gasteiger partial charge in [-0.25, -0.2) is 9.78 Å². The molecule has 1 aliphatic heterocycles. The average molecular weight is 430 g/mol. The molecular weight excluding hydrogens is 408 g/mol. The Morgan fingerprint density at radius 3 is 2.63 bits per heavy atom. The number of ether oxygens (including phenoxy) is 1. The van der Waals surface area contributed by atoms with E-state index in [1.54, 1.807) is 23.1 Å². The van der Waals surface area contributed by atoms with Gasteiger partial charge in [-0.15, -0.1) is 0 Å². The number of carbonyl (C=O) groups excluding carboxylic acids is 2. The fourth-order valence-electron chi connectivity index (χ4n) is 2.76. The van der Waals surface area contributed by atoms with E-state index in [1.807, 2.05) is 20.8 Å². The van der Waals surface area contributed by atoms with Gasteiger partial charge in [-0.2, -0.15) is 0 Å². The second-order valence-corrected chi connectivity index (χ2v) is 8.80. The van der Waals surface area contributed by atoms with Gasteiger partial charge in [0.25, 0.3) is 5.69 Å². The zero-order chi connectivity index (χ0) is 21.9. The molecule has 10 heteroatoms. The van der Waals surface area contributed by atoms with Crippen molar-refractivity contribution in [2.45, 2.75) is 39.3 Å². The molecule has 0 spiro atoms. The molecular formula is C20H22N4O5S. The summed E-state index contributed by atoms with van der Waals surface area (Å²) in [7, 11) is 0. The van der Waals surface area contributed by atoms with Crippen LogP contribution in [0.25, 0.3) is 6.08 Å². The number of nitrogens with zero attached hydrogens (tertiary/aromatic N) is 3. The summed E-state index contributed by atoms with van der Waals surface area (Å²) < 4.78 is 5.41. The molecule has 3 rings (SSSR count). The van der Waals surface area contributed by atoms with Gasteiger partial charge in [0.2, 0.25) is 5.91 Å². The Morgan fingerprint density at radius 1 is 1.30 bits per heavy atom. The van der Waals surface area contributed by atoms with E-state index in [2.05, 4.69) is 10.3 Å². The number of aromatic nitrogens is 1. The van der Waals surface area contributed by atoms with E-state index in [0.717, 1.165) is 10.6 Å². The molecule has 158 valence electrons. The molecule has 1 aromatic carbocycles. The minimum Gasteiger partial charge on any atom is -0.444 e. The highest BCUT2D eigenvalue weighted by molar-refractivity contribution is 7.15. The molecule has 9 nitrogen and oxygen atoms in total. The van der Waals surface area contributed by atoms with Crippen LogP contribution in [-0.2, 0) is 22.5 Å². The number of hydrogen-bond donors (Lipinski definition) is 1. The van der Waals surface area contributed by atoms with E-state index in [1.165, 1.54) is 29.5 Å². The van der Waals surface area contributed by atoms with Gasteiger partial charge in [-0.3, -0.25) is 20.2 Å². The second-order valence-electron chi connectivity index (χ2n) is 7.71. The van der Waals surface area contributed by atoms with Crippen LogP contribution < -0.4 is 5.32 Å². The number of benzene rings is 1. The maximum Gasteiger partial charge on any atom is 0.410 e. The van der Waals surface area contributed by atoms with Gasteiger partial charge in [0.05, 0.1) is 17.2 Å². The highest BCUT2D eigenvalue weighted by Crippen LogP contribution is 2.29. The predicted molar refractivity (Wildman–Crippen MR) is 113 cm³/mol. The number of hydrogen-bond acceptors (Lipinski definition) is 7. The van der Waals surface area contributed by atoms with E-state index >= 15 is 0 Å². The summed E-state index contributed by atoms with van der Waals surface area (Å²) >= 11 is 1.33. The predicted octanol–water partition coefficient (Wildman–Crippen LogP) is 4.00. The Hall–Kier alpha value is -3.27. The topological polar surface area (TPSA) is 115 Å². The Morgan fingerprint density at radius 2 is 2.00 bits per heavy atom. The summed E-state index contributed by atoms with van der Waals surface area (Å²) in [5, 5.41) is 13.9. The molecule has 0 unspecified atom stereocenters. The van der Waals surface area contributed by atoms with Crippen molar-refractivity contribution in [1.29, 1.82) is 0 Å². The Bertz CT molecular complexity index is 992. The van der Waals surface area contributed by atoms with Crippen molar-refractivity contribution in [3.05, 3.63) is 56.6 Å². The molecule has 0 saturated heterocycles. The molecule has 0 bridgehead atoms. The molecule has 0 atom stereocenters. The van der Waals surface area contributed by atoms with Gasteiger partial charge in [0.1, 0.15) is 5.60 Å². The molecule has 0 aliphatic carbocycles. The summed E-state index contributed by atoms with van der Waals surface area (Å²) in [6, 6.07) is 5.89. The third kappa shape index (κ3) is 5.63. The molecule has 2 amide bonds. The number of nitrogens with one attached hydrogen (secondary N) is 1. The number of rotatable bonds is 4. The van der Waals surface area contributed by atoms with Gasteiger partial charge < -0.3 is 9.64 Å². The van der Waals surface area contributed by atoms with Crippen molar-refractivity contribution in [2.24, 2.45) is 0 Å². The molecule has 0 saturated carbocycles. The lowest BCUT2D eigenvalue weighted by atomic mass is 10.2. The number of thiazole rings is 1. The van der Waals surface area contributed by atoms with Gasteiger partial charge in [0.15, 0.2) is 5.13 Å². The first-order chi connectivity index (χ1) is 14.1. The summed E-state index contributed by atoms with van der Waals surface area (Å²) in [5.41, 5.74) is 0.974. The van der Waals surface area contributed by atoms with Crippen molar-refractivity contribution in [3.8, 4) is 0 Å². The van der Waals surface area contributed by atoms with E-state index < -0.39 is 10.5 Å². The number of fused-ring (bicyclic) bond motifs is 1. The molecule has 1 aromatic heterocycles. The normalized spacial score (nSPS) is 13.8. The van der Waals surface area contributed by atoms with Crippen LogP contribution in [0.4, 0.5) is 15.6 Å². The van der Waals surface area contributed by atoms with E-state index in [9.17, 15) is 19.7 Å². The third-order valence-electron chi connectivity index (χ3n) is 4.14. The maximum absolute atomic E-state index is 12.3. The Balaban J connectivity index is 1.59. The maximum atomic E-state index is 12.3. The average Bonchev–Trinajstić information content (AvgIpc) is 3.06. The van der Waals surface area contributed by atoms with Crippen molar-refractivity contribution in [3.63, 3.8) is 0 Å². The summed E-state index contributed by atoms with van der Waals surface area (Å²) in [5.74, 6) is -0.358. The fourth-order valence-corrected chi connectivity index (χ4v) is 3.78. The quantitative estimate of drug-likeness (QED) is 0.445. The van der Waals surface area contributed by atoms with Crippen LogP contribution in [-0.4, -0.2) is 39.0 Å². The zero-order valence-electron chi connectivity index (χ0n) is 16.9. The van der Waals surface area contributed by atoms with Gasteiger partial charge in [0, 0.05) is 36.1 Å². The first kappa shape index (κ1) is 21.4. The molecule has 0 radical (unpaired) electrons. The number of carbonyl (C=O) groups is 2. The first-order valence-electron chi connectivity index (χ1n) is 9.31. The van der Waals surface area contributed by atoms with Crippen LogP contribution in [0, 0.1) is 10.1 Å². The second kappa shape index (κ2) is 8.62. The lowest BCUT2D eigenvalue weighted by Gasteiger charge is -2.29. The highest BCUT2D eigenvalue weighted by Gasteiger charge is 2.28. The first-order valence-corrected chi connectivity index (χ1v) is 10.1. The van der Waals surface area contributed by atoms with Gasteiger partial charge in [-0.1, -0.05) is 11.3 Å². The van der Waals surface area contributed by atoms with Gasteiger partial charge in [-0.05, 0) is 44.5 Å². The number of nitro groups is 1. The van der Waals surface area contributed by atoms with Crippen LogP contribution in [0.1, 0.15) is 36.9 Å². The molecule has 1 aliphatic rings. The lowest BCUT2D eigenvalue weighted by Crippen LogP contribution is -2.39. The van der Waals surface area contributed by atoms with E-state index in [4.69, 9.17) is 4.74 Å². The third-order valence-corrected chi connectivity index (χ3v) is 5.14. The number of amides is 2. The van der Waals surface area contributed by atoms with Crippen molar-refractivity contribution in [2.75, 3.05) is 11.9 Å². The van der Waals surface area contributed by atoms with Crippen molar-refractivity contribution < 1.29 is 19.2 Å². The molecule has 1 N–H and O–H groups in total. The van der Waals surface area contributed by atoms with E-state index in [-0.39, 0.29) is 17.7 Å².